The number of halogens is 2. The van der Waals surface area contributed by atoms with Crippen molar-refractivity contribution in [3.05, 3.63) is 85.4 Å². The number of amides is 1. The van der Waals surface area contributed by atoms with Crippen molar-refractivity contribution in [2.45, 2.75) is 0 Å². The van der Waals surface area contributed by atoms with Gasteiger partial charge in [-0.05, 0) is 105 Å². The molecule has 0 fully saturated rings. The highest BCUT2D eigenvalue weighted by atomic mass is 127. The van der Waals surface area contributed by atoms with E-state index >= 15 is 0 Å². The first kappa shape index (κ1) is 25.3. The van der Waals surface area contributed by atoms with Gasteiger partial charge in [0.15, 0.2) is 11.5 Å². The van der Waals surface area contributed by atoms with Crippen LogP contribution >= 0.6 is 38.5 Å². The summed E-state index contributed by atoms with van der Waals surface area (Å²) in [5.41, 5.74) is 1.31. The predicted octanol–water partition coefficient (Wildman–Crippen LogP) is 5.84. The summed E-state index contributed by atoms with van der Waals surface area (Å²) >= 11 is 5.52. The van der Waals surface area contributed by atoms with Crippen LogP contribution in [0.5, 0.6) is 17.2 Å². The molecule has 0 aromatic heterocycles. The molecular weight excluding hydrogens is 615 g/mol. The Morgan fingerprint density at radius 3 is 2.41 bits per heavy atom. The minimum atomic E-state index is -0.584. The second-order valence-corrected chi connectivity index (χ2v) is 8.89. The first-order valence-corrected chi connectivity index (χ1v) is 11.6. The zero-order chi connectivity index (χ0) is 24.7. The Bertz CT molecular complexity index is 1300. The summed E-state index contributed by atoms with van der Waals surface area (Å²) in [6.07, 6.45) is 1.42. The molecule has 0 spiro atoms. The molecule has 0 unspecified atom stereocenters. The molecule has 3 aromatic carbocycles. The third-order valence-corrected chi connectivity index (χ3v) is 5.79. The van der Waals surface area contributed by atoms with Gasteiger partial charge in [0, 0.05) is 9.26 Å². The monoisotopic (exact) mass is 632 g/mol. The third-order valence-electron chi connectivity index (χ3n) is 4.53. The van der Waals surface area contributed by atoms with Crippen LogP contribution in [-0.2, 0) is 4.79 Å². The molecular formula is C25H18BrIN2O5. The average molecular weight is 633 g/mol. The Morgan fingerprint density at radius 1 is 1.06 bits per heavy atom. The van der Waals surface area contributed by atoms with E-state index in [2.05, 4.69) is 43.8 Å². The van der Waals surface area contributed by atoms with E-state index in [-0.39, 0.29) is 17.1 Å². The molecule has 172 valence electrons. The van der Waals surface area contributed by atoms with Crippen LogP contribution in [0.2, 0.25) is 0 Å². The standard InChI is InChI=1S/C25H18BrIN2O5/c1-32-20-8-6-16(7-9-20)25(31)34-23-21(26)11-15(12-22(23)33-2)10-17(14-28)24(30)29-19-5-3-4-18(27)13-19/h3-13H,1-2H3,(H,29,30)/b17-10+. The number of hydrogen-bond donors (Lipinski definition) is 1. The largest absolute Gasteiger partial charge is 0.497 e. The molecule has 0 radical (unpaired) electrons. The number of rotatable bonds is 7. The maximum absolute atomic E-state index is 12.6. The van der Waals surface area contributed by atoms with Gasteiger partial charge in [-0.3, -0.25) is 4.79 Å². The fourth-order valence-corrected chi connectivity index (χ4v) is 3.96. The first-order valence-electron chi connectivity index (χ1n) is 9.77. The Morgan fingerprint density at radius 2 is 1.79 bits per heavy atom. The minimum Gasteiger partial charge on any atom is -0.497 e. The molecule has 0 saturated heterocycles. The second kappa shape index (κ2) is 11.7. The lowest BCUT2D eigenvalue weighted by molar-refractivity contribution is -0.112. The summed E-state index contributed by atoms with van der Waals surface area (Å²) in [5.74, 6) is -0.0972. The van der Waals surface area contributed by atoms with E-state index in [0.717, 1.165) is 3.57 Å². The Balaban J connectivity index is 1.84. The SMILES string of the molecule is COc1ccc(C(=O)Oc2c(Br)cc(/C=C(\C#N)C(=O)Nc3cccc(I)c3)cc2OC)cc1. The van der Waals surface area contributed by atoms with Gasteiger partial charge in [-0.15, -0.1) is 0 Å². The van der Waals surface area contributed by atoms with Crippen molar-refractivity contribution in [2.75, 3.05) is 19.5 Å². The highest BCUT2D eigenvalue weighted by Crippen LogP contribution is 2.38. The molecule has 0 bridgehead atoms. The number of anilines is 1. The number of esters is 1. The van der Waals surface area contributed by atoms with Crippen molar-refractivity contribution in [3.8, 4) is 23.3 Å². The van der Waals surface area contributed by atoms with Crippen molar-refractivity contribution in [2.24, 2.45) is 0 Å². The lowest BCUT2D eigenvalue weighted by Gasteiger charge is -2.13. The van der Waals surface area contributed by atoms with E-state index in [9.17, 15) is 14.9 Å². The summed E-state index contributed by atoms with van der Waals surface area (Å²) in [5, 5.41) is 12.2. The number of ether oxygens (including phenoxy) is 3. The van der Waals surface area contributed by atoms with Gasteiger partial charge in [-0.1, -0.05) is 6.07 Å². The Kier molecular flexibility index (Phi) is 8.67. The molecule has 34 heavy (non-hydrogen) atoms. The average Bonchev–Trinajstić information content (AvgIpc) is 2.83. The summed E-state index contributed by atoms with van der Waals surface area (Å²) in [4.78, 5) is 25.2. The quantitative estimate of drug-likeness (QED) is 0.116. The summed E-state index contributed by atoms with van der Waals surface area (Å²) in [7, 11) is 2.96. The molecule has 0 heterocycles. The van der Waals surface area contributed by atoms with Crippen LogP contribution in [0.1, 0.15) is 15.9 Å². The summed E-state index contributed by atoms with van der Waals surface area (Å²) < 4.78 is 17.4. The molecule has 0 aliphatic heterocycles. The fourth-order valence-electron chi connectivity index (χ4n) is 2.88. The summed E-state index contributed by atoms with van der Waals surface area (Å²) in [6.45, 7) is 0. The highest BCUT2D eigenvalue weighted by molar-refractivity contribution is 14.1. The lowest BCUT2D eigenvalue weighted by Crippen LogP contribution is -2.13. The second-order valence-electron chi connectivity index (χ2n) is 6.79. The van der Waals surface area contributed by atoms with Crippen LogP contribution in [0, 0.1) is 14.9 Å². The molecule has 3 aromatic rings. The van der Waals surface area contributed by atoms with Gasteiger partial charge in [0.1, 0.15) is 17.4 Å². The maximum Gasteiger partial charge on any atom is 0.343 e. The van der Waals surface area contributed by atoms with Gasteiger partial charge in [-0.25, -0.2) is 4.79 Å². The van der Waals surface area contributed by atoms with Crippen molar-refractivity contribution >= 4 is 62.2 Å². The van der Waals surface area contributed by atoms with Gasteiger partial charge in [0.2, 0.25) is 0 Å². The first-order chi connectivity index (χ1) is 16.3. The summed E-state index contributed by atoms with van der Waals surface area (Å²) in [6, 6.07) is 18.8. The maximum atomic E-state index is 12.6. The molecule has 0 aliphatic rings. The van der Waals surface area contributed by atoms with E-state index in [1.54, 1.807) is 54.6 Å². The zero-order valence-corrected chi connectivity index (χ0v) is 21.8. The topological polar surface area (TPSA) is 97.7 Å². The number of nitriles is 1. The fraction of sp³-hybridized carbons (Fsp3) is 0.0800. The van der Waals surface area contributed by atoms with E-state index < -0.39 is 11.9 Å². The van der Waals surface area contributed by atoms with Crippen LogP contribution in [0.15, 0.2) is 70.7 Å². The normalized spacial score (nSPS) is 10.7. The minimum absolute atomic E-state index is 0.101. The number of carbonyl (C=O) groups excluding carboxylic acids is 2. The van der Waals surface area contributed by atoms with Crippen molar-refractivity contribution < 1.29 is 23.8 Å². The molecule has 7 nitrogen and oxygen atoms in total. The number of nitrogens with zero attached hydrogens (tertiary/aromatic N) is 1. The van der Waals surface area contributed by atoms with Crippen molar-refractivity contribution in [1.29, 1.82) is 5.26 Å². The Labute approximate surface area is 218 Å². The number of hydrogen-bond acceptors (Lipinski definition) is 6. The zero-order valence-electron chi connectivity index (χ0n) is 18.1. The Hall–Kier alpha value is -3.36. The van der Waals surface area contributed by atoms with Crippen LogP contribution in [0.3, 0.4) is 0 Å². The molecule has 1 N–H and O–H groups in total. The third kappa shape index (κ3) is 6.36. The van der Waals surface area contributed by atoms with Gasteiger partial charge in [0.05, 0.1) is 24.3 Å². The van der Waals surface area contributed by atoms with E-state index in [1.165, 1.54) is 20.3 Å². The van der Waals surface area contributed by atoms with Gasteiger partial charge < -0.3 is 19.5 Å². The van der Waals surface area contributed by atoms with Gasteiger partial charge >= 0.3 is 5.97 Å². The number of methoxy groups -OCH3 is 2. The van der Waals surface area contributed by atoms with Crippen LogP contribution in [0.4, 0.5) is 5.69 Å². The van der Waals surface area contributed by atoms with Crippen LogP contribution < -0.4 is 19.5 Å². The van der Waals surface area contributed by atoms with Gasteiger partial charge in [0.25, 0.3) is 5.91 Å². The number of benzene rings is 3. The highest BCUT2D eigenvalue weighted by Gasteiger charge is 2.18. The molecule has 0 aliphatic carbocycles. The number of nitrogens with one attached hydrogen (secondary N) is 1. The number of carbonyl (C=O) groups is 2. The van der Waals surface area contributed by atoms with Gasteiger partial charge in [-0.2, -0.15) is 5.26 Å². The van der Waals surface area contributed by atoms with Crippen molar-refractivity contribution in [1.82, 2.24) is 0 Å². The van der Waals surface area contributed by atoms with E-state index in [1.807, 2.05) is 12.1 Å². The molecule has 9 heteroatoms. The van der Waals surface area contributed by atoms with E-state index in [4.69, 9.17) is 14.2 Å². The van der Waals surface area contributed by atoms with E-state index in [0.29, 0.717) is 27.0 Å². The molecule has 3 rings (SSSR count). The predicted molar refractivity (Wildman–Crippen MR) is 140 cm³/mol. The van der Waals surface area contributed by atoms with Crippen LogP contribution in [-0.4, -0.2) is 26.1 Å². The lowest BCUT2D eigenvalue weighted by atomic mass is 10.1. The van der Waals surface area contributed by atoms with Crippen LogP contribution in [0.25, 0.3) is 6.08 Å². The van der Waals surface area contributed by atoms with Crippen molar-refractivity contribution in [3.63, 3.8) is 0 Å². The molecule has 0 saturated carbocycles. The molecule has 0 atom stereocenters. The smallest absolute Gasteiger partial charge is 0.343 e. The molecule has 1 amide bonds.